The van der Waals surface area contributed by atoms with Crippen LogP contribution in [0.15, 0.2) is 4.79 Å². The number of rotatable bonds is 3. The van der Waals surface area contributed by atoms with E-state index in [0.29, 0.717) is 18.4 Å². The van der Waals surface area contributed by atoms with Gasteiger partial charge in [-0.1, -0.05) is 6.42 Å². The Morgan fingerprint density at radius 2 is 2.00 bits per heavy atom. The third kappa shape index (κ3) is 3.01. The van der Waals surface area contributed by atoms with Crippen molar-refractivity contribution in [1.82, 2.24) is 19.8 Å². The van der Waals surface area contributed by atoms with Crippen LogP contribution in [-0.2, 0) is 17.8 Å². The number of hydrogen-bond acceptors (Lipinski definition) is 4. The molecule has 6 nitrogen and oxygen atoms in total. The smallest absolute Gasteiger partial charge is 0.255 e. The van der Waals surface area contributed by atoms with E-state index in [2.05, 4.69) is 23.7 Å². The van der Waals surface area contributed by atoms with Crippen molar-refractivity contribution >= 4 is 5.91 Å². The van der Waals surface area contributed by atoms with Crippen molar-refractivity contribution in [2.24, 2.45) is 5.92 Å². The molecule has 1 aromatic rings. The van der Waals surface area contributed by atoms with E-state index in [0.717, 1.165) is 62.9 Å². The topological polar surface area (TPSA) is 69.3 Å². The standard InChI is InChI=1S/C19H28N4O2/c1-12(2)22-10-8-15-14(11-22)18(24)21-17(20-15)16-7-4-9-23(16)19(25)13-5-3-6-13/h12-13,16H,3-11H2,1-2H3,(H,20,21,24)/t16-/m1/s1. The molecule has 1 aliphatic carbocycles. The largest absolute Gasteiger partial charge is 0.332 e. The number of carbonyl (C=O) groups excluding carboxylic acids is 1. The van der Waals surface area contributed by atoms with Gasteiger partial charge in [-0.15, -0.1) is 0 Å². The van der Waals surface area contributed by atoms with Crippen molar-refractivity contribution in [2.75, 3.05) is 13.1 Å². The Bertz CT molecular complexity index is 723. The molecule has 3 aliphatic rings. The molecule has 3 heterocycles. The Labute approximate surface area is 148 Å². The van der Waals surface area contributed by atoms with Gasteiger partial charge >= 0.3 is 0 Å². The fourth-order valence-electron chi connectivity index (χ4n) is 4.27. The van der Waals surface area contributed by atoms with Gasteiger partial charge in [-0.25, -0.2) is 4.98 Å². The molecule has 0 bridgehead atoms. The van der Waals surface area contributed by atoms with Crippen LogP contribution in [0.1, 0.15) is 69.1 Å². The molecular weight excluding hydrogens is 316 g/mol. The van der Waals surface area contributed by atoms with Crippen molar-refractivity contribution in [3.63, 3.8) is 0 Å². The van der Waals surface area contributed by atoms with E-state index in [4.69, 9.17) is 4.98 Å². The maximum Gasteiger partial charge on any atom is 0.255 e. The average molecular weight is 344 g/mol. The molecule has 1 saturated carbocycles. The van der Waals surface area contributed by atoms with Gasteiger partial charge in [0.15, 0.2) is 0 Å². The van der Waals surface area contributed by atoms with Gasteiger partial charge in [-0.3, -0.25) is 14.5 Å². The normalized spacial score (nSPS) is 24.4. The highest BCUT2D eigenvalue weighted by Gasteiger charge is 2.37. The average Bonchev–Trinajstić information content (AvgIpc) is 3.02. The molecule has 1 amide bonds. The van der Waals surface area contributed by atoms with E-state index in [1.807, 2.05) is 4.90 Å². The van der Waals surface area contributed by atoms with Crippen molar-refractivity contribution in [3.8, 4) is 0 Å². The zero-order valence-electron chi connectivity index (χ0n) is 15.3. The second-order valence-corrected chi connectivity index (χ2v) is 8.01. The van der Waals surface area contributed by atoms with Crippen LogP contribution in [-0.4, -0.2) is 44.8 Å². The summed E-state index contributed by atoms with van der Waals surface area (Å²) < 4.78 is 0. The minimum atomic E-state index is -0.0470. The van der Waals surface area contributed by atoms with Gasteiger partial charge in [0.05, 0.1) is 17.3 Å². The number of amides is 1. The molecule has 0 aromatic carbocycles. The zero-order valence-corrected chi connectivity index (χ0v) is 15.3. The third-order valence-corrected chi connectivity index (χ3v) is 6.15. The van der Waals surface area contributed by atoms with Crippen molar-refractivity contribution < 1.29 is 4.79 Å². The molecule has 6 heteroatoms. The Morgan fingerprint density at radius 1 is 1.20 bits per heavy atom. The van der Waals surface area contributed by atoms with Crippen LogP contribution in [0, 0.1) is 5.92 Å². The summed E-state index contributed by atoms with van der Waals surface area (Å²) in [6.45, 7) is 6.72. The zero-order chi connectivity index (χ0) is 17.6. The molecule has 25 heavy (non-hydrogen) atoms. The monoisotopic (exact) mass is 344 g/mol. The van der Waals surface area contributed by atoms with Crippen molar-refractivity contribution in [2.45, 2.75) is 71.0 Å². The first kappa shape index (κ1) is 16.8. The Balaban J connectivity index is 1.60. The fraction of sp³-hybridized carbons (Fsp3) is 0.737. The molecule has 1 N–H and O–H groups in total. The maximum atomic E-state index is 12.7. The van der Waals surface area contributed by atoms with Crippen molar-refractivity contribution in [1.29, 1.82) is 0 Å². The van der Waals surface area contributed by atoms with Crippen LogP contribution in [0.5, 0.6) is 0 Å². The minimum absolute atomic E-state index is 0.0201. The number of aromatic amines is 1. The molecule has 4 rings (SSSR count). The van der Waals surface area contributed by atoms with Gasteiger partial charge in [0.25, 0.3) is 5.56 Å². The number of likely N-dealkylation sites (tertiary alicyclic amines) is 1. The summed E-state index contributed by atoms with van der Waals surface area (Å²) in [6, 6.07) is 0.381. The van der Waals surface area contributed by atoms with E-state index in [9.17, 15) is 9.59 Å². The van der Waals surface area contributed by atoms with Crippen molar-refractivity contribution in [3.05, 3.63) is 27.4 Å². The first-order valence-corrected chi connectivity index (χ1v) is 9.71. The Morgan fingerprint density at radius 3 is 2.68 bits per heavy atom. The van der Waals surface area contributed by atoms with Crippen LogP contribution in [0.4, 0.5) is 0 Å². The van der Waals surface area contributed by atoms with Gasteiger partial charge in [0.2, 0.25) is 5.91 Å². The second-order valence-electron chi connectivity index (χ2n) is 8.01. The van der Waals surface area contributed by atoms with Crippen LogP contribution >= 0.6 is 0 Å². The summed E-state index contributed by atoms with van der Waals surface area (Å²) in [5.74, 6) is 1.16. The lowest BCUT2D eigenvalue weighted by atomic mass is 9.84. The summed E-state index contributed by atoms with van der Waals surface area (Å²) in [6.07, 6.45) is 5.90. The number of nitrogens with one attached hydrogen (secondary N) is 1. The lowest BCUT2D eigenvalue weighted by Gasteiger charge is -2.33. The van der Waals surface area contributed by atoms with Crippen LogP contribution in [0.2, 0.25) is 0 Å². The van der Waals surface area contributed by atoms with E-state index >= 15 is 0 Å². The molecule has 0 radical (unpaired) electrons. The highest BCUT2D eigenvalue weighted by Crippen LogP contribution is 2.36. The van der Waals surface area contributed by atoms with Crippen LogP contribution in [0.3, 0.4) is 0 Å². The molecule has 2 aliphatic heterocycles. The molecule has 1 aromatic heterocycles. The minimum Gasteiger partial charge on any atom is -0.332 e. The van der Waals surface area contributed by atoms with Gasteiger partial charge in [0.1, 0.15) is 5.82 Å². The molecule has 1 saturated heterocycles. The number of H-pyrrole nitrogens is 1. The number of hydrogen-bond donors (Lipinski definition) is 1. The first-order chi connectivity index (χ1) is 12.0. The van der Waals surface area contributed by atoms with Gasteiger partial charge in [0, 0.05) is 38.0 Å². The summed E-state index contributed by atoms with van der Waals surface area (Å²) in [7, 11) is 0. The second kappa shape index (κ2) is 6.56. The van der Waals surface area contributed by atoms with Gasteiger partial charge < -0.3 is 9.88 Å². The molecule has 0 unspecified atom stereocenters. The molecule has 0 spiro atoms. The SMILES string of the molecule is CC(C)N1CCc2nc([C@H]3CCCN3C(=O)C3CCC3)[nH]c(=O)c2C1. The molecule has 136 valence electrons. The predicted octanol–water partition coefficient (Wildman–Crippen LogP) is 2.00. The number of carbonyl (C=O) groups is 1. The van der Waals surface area contributed by atoms with E-state index < -0.39 is 0 Å². The quantitative estimate of drug-likeness (QED) is 0.910. The van der Waals surface area contributed by atoms with E-state index in [1.54, 1.807) is 0 Å². The highest BCUT2D eigenvalue weighted by atomic mass is 16.2. The van der Waals surface area contributed by atoms with Gasteiger partial charge in [-0.2, -0.15) is 0 Å². The van der Waals surface area contributed by atoms with Crippen LogP contribution in [0.25, 0.3) is 0 Å². The molecule has 2 fully saturated rings. The van der Waals surface area contributed by atoms with E-state index in [1.165, 1.54) is 0 Å². The lowest BCUT2D eigenvalue weighted by molar-refractivity contribution is -0.139. The number of aromatic nitrogens is 2. The number of nitrogens with zero attached hydrogens (tertiary/aromatic N) is 3. The summed E-state index contributed by atoms with van der Waals surface area (Å²) >= 11 is 0. The van der Waals surface area contributed by atoms with Crippen LogP contribution < -0.4 is 5.56 Å². The first-order valence-electron chi connectivity index (χ1n) is 9.71. The predicted molar refractivity (Wildman–Crippen MR) is 95.1 cm³/mol. The number of fused-ring (bicyclic) bond motifs is 1. The summed E-state index contributed by atoms with van der Waals surface area (Å²) in [5.41, 5.74) is 1.71. The summed E-state index contributed by atoms with van der Waals surface area (Å²) in [4.78, 5) is 37.5. The van der Waals surface area contributed by atoms with E-state index in [-0.39, 0.29) is 23.4 Å². The lowest BCUT2D eigenvalue weighted by Crippen LogP contribution is -2.41. The molecular formula is C19H28N4O2. The summed E-state index contributed by atoms with van der Waals surface area (Å²) in [5, 5.41) is 0. The van der Waals surface area contributed by atoms with Gasteiger partial charge in [-0.05, 0) is 39.5 Å². The fourth-order valence-corrected chi connectivity index (χ4v) is 4.27. The third-order valence-electron chi connectivity index (χ3n) is 6.15. The molecule has 1 atom stereocenters. The maximum absolute atomic E-state index is 12.7. The Kier molecular flexibility index (Phi) is 4.40. The Hall–Kier alpha value is -1.69. The highest BCUT2D eigenvalue weighted by molar-refractivity contribution is 5.80.